The maximum absolute atomic E-state index is 5.72. The zero-order valence-corrected chi connectivity index (χ0v) is 11.0. The molecule has 17 heavy (non-hydrogen) atoms. The summed E-state index contributed by atoms with van der Waals surface area (Å²) in [6.45, 7) is 0. The summed E-state index contributed by atoms with van der Waals surface area (Å²) in [4.78, 5) is 7.74. The molecule has 0 aliphatic heterocycles. The summed E-state index contributed by atoms with van der Waals surface area (Å²) in [5.41, 5.74) is 3.75. The number of hydrazone groups is 1. The minimum Gasteiger partial charge on any atom is -0.261 e. The van der Waals surface area contributed by atoms with Crippen LogP contribution in [0.1, 0.15) is 5.56 Å². The molecule has 0 saturated heterocycles. The number of halogens is 2. The van der Waals surface area contributed by atoms with Crippen LogP contribution in [0.4, 0.5) is 5.82 Å². The molecule has 0 bridgehead atoms. The van der Waals surface area contributed by atoms with Gasteiger partial charge in [0.1, 0.15) is 11.5 Å². The maximum Gasteiger partial charge on any atom is 0.151 e. The molecule has 0 amide bonds. The van der Waals surface area contributed by atoms with Gasteiger partial charge >= 0.3 is 0 Å². The highest BCUT2D eigenvalue weighted by Crippen LogP contribution is 2.13. The molecule has 0 aliphatic carbocycles. The number of nitrogens with one attached hydrogen (secondary N) is 1. The fourth-order valence-electron chi connectivity index (χ4n) is 1.14. The minimum absolute atomic E-state index is 0.374. The molecule has 4 nitrogen and oxygen atoms in total. The predicted octanol–water partition coefficient (Wildman–Crippen LogP) is 3.34. The first-order valence-electron chi connectivity index (χ1n) is 4.77. The Bertz CT molecular complexity index is 544. The molecule has 6 heteroatoms. The Kier molecular flexibility index (Phi) is 4.06. The third-order valence-corrected chi connectivity index (χ3v) is 2.85. The van der Waals surface area contributed by atoms with Crippen molar-refractivity contribution in [3.05, 3.63) is 51.8 Å². The zero-order chi connectivity index (χ0) is 12.1. The van der Waals surface area contributed by atoms with Crippen molar-refractivity contribution in [2.75, 3.05) is 5.43 Å². The van der Waals surface area contributed by atoms with Gasteiger partial charge in [-0.15, -0.1) is 0 Å². The van der Waals surface area contributed by atoms with Crippen LogP contribution in [0.25, 0.3) is 0 Å². The molecule has 0 radical (unpaired) electrons. The lowest BCUT2D eigenvalue weighted by Crippen LogP contribution is -1.94. The van der Waals surface area contributed by atoms with Gasteiger partial charge in [0.2, 0.25) is 0 Å². The first kappa shape index (κ1) is 12.0. The van der Waals surface area contributed by atoms with Gasteiger partial charge in [0.25, 0.3) is 0 Å². The van der Waals surface area contributed by atoms with E-state index in [9.17, 15) is 0 Å². The fourth-order valence-corrected chi connectivity index (χ4v) is 1.68. The summed E-state index contributed by atoms with van der Waals surface area (Å²) in [5.74, 6) is 0.549. The molecule has 1 N–H and O–H groups in total. The van der Waals surface area contributed by atoms with E-state index in [-0.39, 0.29) is 0 Å². The number of nitrogens with zero attached hydrogens (tertiary/aromatic N) is 3. The number of hydrogen-bond acceptors (Lipinski definition) is 4. The van der Waals surface area contributed by atoms with E-state index in [4.69, 9.17) is 11.6 Å². The van der Waals surface area contributed by atoms with Gasteiger partial charge < -0.3 is 0 Å². The van der Waals surface area contributed by atoms with Crippen molar-refractivity contribution >= 4 is 39.6 Å². The molecular formula is C11H8BrClN4. The van der Waals surface area contributed by atoms with Crippen molar-refractivity contribution in [3.63, 3.8) is 0 Å². The average molecular weight is 312 g/mol. The van der Waals surface area contributed by atoms with Crippen molar-refractivity contribution in [1.82, 2.24) is 9.97 Å². The van der Waals surface area contributed by atoms with Crippen LogP contribution in [-0.2, 0) is 0 Å². The molecule has 0 saturated carbocycles. The second kappa shape index (κ2) is 5.75. The minimum atomic E-state index is 0.374. The molecule has 1 aromatic heterocycles. The Morgan fingerprint density at radius 3 is 2.88 bits per heavy atom. The van der Waals surface area contributed by atoms with E-state index in [2.05, 4.69) is 36.4 Å². The van der Waals surface area contributed by atoms with Gasteiger partial charge in [0.15, 0.2) is 5.82 Å². The van der Waals surface area contributed by atoms with Crippen molar-refractivity contribution in [1.29, 1.82) is 0 Å². The van der Waals surface area contributed by atoms with Gasteiger partial charge in [0, 0.05) is 16.1 Å². The fraction of sp³-hybridized carbons (Fsp3) is 0. The van der Waals surface area contributed by atoms with E-state index in [1.165, 1.54) is 6.33 Å². The highest BCUT2D eigenvalue weighted by atomic mass is 79.9. The topological polar surface area (TPSA) is 50.2 Å². The quantitative estimate of drug-likeness (QED) is 0.537. The first-order chi connectivity index (χ1) is 8.25. The third kappa shape index (κ3) is 3.51. The molecule has 0 atom stereocenters. The SMILES string of the molecule is Clc1cc(N/N=C/c2ccccc2Br)ncn1. The van der Waals surface area contributed by atoms with Crippen LogP contribution < -0.4 is 5.43 Å². The lowest BCUT2D eigenvalue weighted by Gasteiger charge is -1.99. The summed E-state index contributed by atoms with van der Waals surface area (Å²) in [6.07, 6.45) is 3.07. The first-order valence-corrected chi connectivity index (χ1v) is 5.94. The summed E-state index contributed by atoms with van der Waals surface area (Å²) < 4.78 is 0.978. The van der Waals surface area contributed by atoms with E-state index >= 15 is 0 Å². The van der Waals surface area contributed by atoms with Gasteiger partial charge in [-0.1, -0.05) is 45.7 Å². The van der Waals surface area contributed by atoms with E-state index in [1.54, 1.807) is 12.3 Å². The van der Waals surface area contributed by atoms with E-state index in [1.807, 2.05) is 24.3 Å². The largest absolute Gasteiger partial charge is 0.261 e. The lowest BCUT2D eigenvalue weighted by molar-refractivity contribution is 1.14. The zero-order valence-electron chi connectivity index (χ0n) is 8.64. The van der Waals surface area contributed by atoms with Crippen LogP contribution in [-0.4, -0.2) is 16.2 Å². The number of anilines is 1. The van der Waals surface area contributed by atoms with Crippen LogP contribution in [0, 0.1) is 0 Å². The van der Waals surface area contributed by atoms with E-state index in [0.29, 0.717) is 11.0 Å². The summed E-state index contributed by atoms with van der Waals surface area (Å²) in [5, 5.41) is 4.43. The number of rotatable bonds is 3. The predicted molar refractivity (Wildman–Crippen MR) is 72.4 cm³/mol. The molecule has 0 spiro atoms. The van der Waals surface area contributed by atoms with Crippen LogP contribution >= 0.6 is 27.5 Å². The molecule has 0 aliphatic rings. The molecule has 1 heterocycles. The highest BCUT2D eigenvalue weighted by molar-refractivity contribution is 9.10. The molecule has 2 rings (SSSR count). The Hall–Kier alpha value is -1.46. The van der Waals surface area contributed by atoms with Crippen molar-refractivity contribution in [2.45, 2.75) is 0 Å². The van der Waals surface area contributed by atoms with Gasteiger partial charge in [-0.3, -0.25) is 5.43 Å². The smallest absolute Gasteiger partial charge is 0.151 e. The van der Waals surface area contributed by atoms with E-state index < -0.39 is 0 Å². The van der Waals surface area contributed by atoms with Gasteiger partial charge in [-0.05, 0) is 6.07 Å². The Morgan fingerprint density at radius 2 is 2.12 bits per heavy atom. The van der Waals surface area contributed by atoms with Crippen LogP contribution in [0.2, 0.25) is 5.15 Å². The van der Waals surface area contributed by atoms with Crippen molar-refractivity contribution < 1.29 is 0 Å². The Labute approximate surface area is 112 Å². The number of hydrogen-bond donors (Lipinski definition) is 1. The highest BCUT2D eigenvalue weighted by Gasteiger charge is 1.95. The molecule has 2 aromatic rings. The Morgan fingerprint density at radius 1 is 1.29 bits per heavy atom. The standard InChI is InChI=1S/C11H8BrClN4/c12-9-4-2-1-3-8(9)6-16-17-11-5-10(13)14-7-15-11/h1-7H,(H,14,15,17)/b16-6+. The van der Waals surface area contributed by atoms with Crippen LogP contribution in [0.15, 0.2) is 46.2 Å². The Balaban J connectivity index is 2.06. The molecule has 0 fully saturated rings. The summed E-state index contributed by atoms with van der Waals surface area (Å²) in [6, 6.07) is 9.37. The van der Waals surface area contributed by atoms with Crippen molar-refractivity contribution in [3.8, 4) is 0 Å². The monoisotopic (exact) mass is 310 g/mol. The molecule has 0 unspecified atom stereocenters. The average Bonchev–Trinajstić information content (AvgIpc) is 2.32. The lowest BCUT2D eigenvalue weighted by atomic mass is 10.2. The maximum atomic E-state index is 5.72. The number of benzene rings is 1. The van der Waals surface area contributed by atoms with Crippen molar-refractivity contribution in [2.24, 2.45) is 5.10 Å². The van der Waals surface area contributed by atoms with Gasteiger partial charge in [0.05, 0.1) is 6.21 Å². The molecule has 86 valence electrons. The van der Waals surface area contributed by atoms with Gasteiger partial charge in [-0.25, -0.2) is 9.97 Å². The summed E-state index contributed by atoms with van der Waals surface area (Å²) in [7, 11) is 0. The number of aromatic nitrogens is 2. The summed E-state index contributed by atoms with van der Waals surface area (Å²) >= 11 is 9.14. The second-order valence-electron chi connectivity index (χ2n) is 3.12. The second-order valence-corrected chi connectivity index (χ2v) is 4.36. The molecule has 1 aromatic carbocycles. The molecular weight excluding hydrogens is 304 g/mol. The normalized spacial score (nSPS) is 10.7. The van der Waals surface area contributed by atoms with Gasteiger partial charge in [-0.2, -0.15) is 5.10 Å². The van der Waals surface area contributed by atoms with E-state index in [0.717, 1.165) is 10.0 Å². The third-order valence-electron chi connectivity index (χ3n) is 1.92. The van der Waals surface area contributed by atoms with Crippen LogP contribution in [0.3, 0.4) is 0 Å². The van der Waals surface area contributed by atoms with Crippen LogP contribution in [0.5, 0.6) is 0 Å².